The maximum Gasteiger partial charge on any atom is 0.177 e. The van der Waals surface area contributed by atoms with E-state index in [2.05, 4.69) is 15.9 Å². The van der Waals surface area contributed by atoms with Gasteiger partial charge in [0.25, 0.3) is 0 Å². The first kappa shape index (κ1) is 10.7. The number of phenolic OH excluding ortho intramolecular Hbond substituents is 1. The number of nitrogens with zero attached hydrogens (tertiary/aromatic N) is 1. The van der Waals surface area contributed by atoms with Gasteiger partial charge in [-0.2, -0.15) is 5.26 Å². The third kappa shape index (κ3) is 1.94. The van der Waals surface area contributed by atoms with E-state index in [4.69, 9.17) is 5.26 Å². The molecule has 1 rings (SSSR count). The van der Waals surface area contributed by atoms with Crippen molar-refractivity contribution in [2.75, 3.05) is 5.33 Å². The lowest BCUT2D eigenvalue weighted by Crippen LogP contribution is -2.01. The molecule has 14 heavy (non-hydrogen) atoms. The highest BCUT2D eigenvalue weighted by atomic mass is 79.9. The topological polar surface area (TPSA) is 61.1 Å². The molecule has 0 fully saturated rings. The Labute approximate surface area is 90.1 Å². The van der Waals surface area contributed by atoms with Crippen LogP contribution in [0.15, 0.2) is 12.1 Å². The molecule has 0 radical (unpaired) electrons. The van der Waals surface area contributed by atoms with Crippen molar-refractivity contribution in [2.24, 2.45) is 0 Å². The van der Waals surface area contributed by atoms with Crippen molar-refractivity contribution < 1.29 is 9.90 Å². The van der Waals surface area contributed by atoms with Crippen LogP contribution in [0.1, 0.15) is 21.5 Å². The molecule has 0 saturated heterocycles. The summed E-state index contributed by atoms with van der Waals surface area (Å²) in [5.41, 5.74) is 1.26. The van der Waals surface area contributed by atoms with Crippen LogP contribution in [0.4, 0.5) is 0 Å². The first-order valence-corrected chi connectivity index (χ1v) is 5.05. The van der Waals surface area contributed by atoms with Crippen molar-refractivity contribution in [1.29, 1.82) is 5.26 Å². The molecule has 0 unspecified atom stereocenters. The summed E-state index contributed by atoms with van der Waals surface area (Å²) >= 11 is 3.01. The zero-order valence-corrected chi connectivity index (χ0v) is 9.13. The number of halogens is 1. The van der Waals surface area contributed by atoms with Gasteiger partial charge in [-0.25, -0.2) is 0 Å². The number of carbonyl (C=O) groups is 1. The summed E-state index contributed by atoms with van der Waals surface area (Å²) < 4.78 is 0. The lowest BCUT2D eigenvalue weighted by molar-refractivity contribution is 0.102. The molecule has 0 saturated carbocycles. The maximum absolute atomic E-state index is 11.3. The number of hydrogen-bond acceptors (Lipinski definition) is 3. The quantitative estimate of drug-likeness (QED) is 0.649. The van der Waals surface area contributed by atoms with Gasteiger partial charge in [0.1, 0.15) is 5.75 Å². The lowest BCUT2D eigenvalue weighted by atomic mass is 10.0. The highest BCUT2D eigenvalue weighted by Crippen LogP contribution is 2.22. The van der Waals surface area contributed by atoms with Crippen LogP contribution in [0.2, 0.25) is 0 Å². The number of ketones is 1. The lowest BCUT2D eigenvalue weighted by Gasteiger charge is -2.04. The zero-order chi connectivity index (χ0) is 10.7. The van der Waals surface area contributed by atoms with Gasteiger partial charge < -0.3 is 5.11 Å². The number of alkyl halides is 1. The molecule has 0 aliphatic carbocycles. The third-order valence-electron chi connectivity index (χ3n) is 1.88. The van der Waals surface area contributed by atoms with Gasteiger partial charge in [-0.05, 0) is 24.6 Å². The van der Waals surface area contributed by atoms with Crippen LogP contribution in [0, 0.1) is 18.3 Å². The van der Waals surface area contributed by atoms with E-state index in [0.717, 1.165) is 0 Å². The van der Waals surface area contributed by atoms with Crippen LogP contribution in [0.5, 0.6) is 5.75 Å². The molecule has 0 spiro atoms. The molecule has 1 aromatic rings. The molecule has 0 bridgehead atoms. The van der Waals surface area contributed by atoms with Crippen LogP contribution in [-0.4, -0.2) is 16.2 Å². The van der Waals surface area contributed by atoms with Gasteiger partial charge in [-0.3, -0.25) is 4.79 Å². The van der Waals surface area contributed by atoms with Gasteiger partial charge in [0, 0.05) is 0 Å². The molecular formula is C10H8BrNO2. The molecule has 1 N–H and O–H groups in total. The number of carbonyl (C=O) groups excluding carboxylic acids is 1. The predicted octanol–water partition coefficient (Wildman–Crippen LogP) is 2.15. The van der Waals surface area contributed by atoms with Crippen molar-refractivity contribution in [3.05, 3.63) is 28.8 Å². The molecule has 1 aromatic carbocycles. The summed E-state index contributed by atoms with van der Waals surface area (Å²) in [6.45, 7) is 1.71. The van der Waals surface area contributed by atoms with E-state index < -0.39 is 0 Å². The van der Waals surface area contributed by atoms with Gasteiger partial charge in [0.2, 0.25) is 0 Å². The van der Waals surface area contributed by atoms with Crippen molar-refractivity contribution >= 4 is 21.7 Å². The number of Topliss-reactive ketones (excluding diaryl/α,β-unsaturated/α-hetero) is 1. The molecule has 0 aliphatic rings. The number of aromatic hydroxyl groups is 1. The van der Waals surface area contributed by atoms with Gasteiger partial charge in [-0.1, -0.05) is 15.9 Å². The Kier molecular flexibility index (Phi) is 3.26. The minimum Gasteiger partial charge on any atom is -0.507 e. The Morgan fingerprint density at radius 3 is 2.79 bits per heavy atom. The van der Waals surface area contributed by atoms with Crippen LogP contribution in [-0.2, 0) is 0 Å². The van der Waals surface area contributed by atoms with E-state index in [-0.39, 0.29) is 22.4 Å². The average molecular weight is 254 g/mol. The number of rotatable bonds is 2. The summed E-state index contributed by atoms with van der Waals surface area (Å²) in [5.74, 6) is -0.315. The van der Waals surface area contributed by atoms with Gasteiger partial charge in [0.15, 0.2) is 5.78 Å². The summed E-state index contributed by atoms with van der Waals surface area (Å²) in [4.78, 5) is 11.3. The number of aryl methyl sites for hydroxylation is 1. The maximum atomic E-state index is 11.3. The molecule has 72 valence electrons. The van der Waals surface area contributed by atoms with Crippen molar-refractivity contribution in [3.63, 3.8) is 0 Å². The standard InChI is InChI=1S/C10H8BrNO2/c1-6-2-9(13)8(10(14)4-11)3-7(6)5-12/h2-3,13H,4H2,1H3. The fourth-order valence-electron chi connectivity index (χ4n) is 1.11. The Hall–Kier alpha value is -1.34. The number of benzene rings is 1. The van der Waals surface area contributed by atoms with Crippen LogP contribution in [0.3, 0.4) is 0 Å². The van der Waals surface area contributed by atoms with E-state index in [9.17, 15) is 9.90 Å². The second-order valence-corrected chi connectivity index (χ2v) is 3.41. The van der Waals surface area contributed by atoms with Crippen molar-refractivity contribution in [2.45, 2.75) is 6.92 Å². The third-order valence-corrected chi connectivity index (χ3v) is 2.39. The fourth-order valence-corrected chi connectivity index (χ4v) is 1.41. The van der Waals surface area contributed by atoms with Gasteiger partial charge >= 0.3 is 0 Å². The van der Waals surface area contributed by atoms with E-state index in [1.54, 1.807) is 6.92 Å². The Morgan fingerprint density at radius 2 is 2.29 bits per heavy atom. The molecular weight excluding hydrogens is 246 g/mol. The highest BCUT2D eigenvalue weighted by Gasteiger charge is 2.12. The Morgan fingerprint density at radius 1 is 1.64 bits per heavy atom. The summed E-state index contributed by atoms with van der Waals surface area (Å²) in [6, 6.07) is 4.80. The van der Waals surface area contributed by atoms with Crippen LogP contribution in [0.25, 0.3) is 0 Å². The fraction of sp³-hybridized carbons (Fsp3) is 0.200. The molecule has 3 nitrogen and oxygen atoms in total. The average Bonchev–Trinajstić information content (AvgIpc) is 2.17. The minimum atomic E-state index is -0.237. The number of phenols is 1. The number of hydrogen-bond donors (Lipinski definition) is 1. The SMILES string of the molecule is Cc1cc(O)c(C(=O)CBr)cc1C#N. The first-order valence-electron chi connectivity index (χ1n) is 3.93. The second kappa shape index (κ2) is 4.25. The molecule has 0 aliphatic heterocycles. The second-order valence-electron chi connectivity index (χ2n) is 2.85. The largest absolute Gasteiger partial charge is 0.507 e. The summed E-state index contributed by atoms with van der Waals surface area (Å²) in [6.07, 6.45) is 0. The monoisotopic (exact) mass is 253 g/mol. The summed E-state index contributed by atoms with van der Waals surface area (Å²) in [5, 5.41) is 18.3. The van der Waals surface area contributed by atoms with Gasteiger partial charge in [-0.15, -0.1) is 0 Å². The summed E-state index contributed by atoms with van der Waals surface area (Å²) in [7, 11) is 0. The molecule has 0 atom stereocenters. The normalized spacial score (nSPS) is 9.50. The van der Waals surface area contributed by atoms with Gasteiger partial charge in [0.05, 0.1) is 22.5 Å². The van der Waals surface area contributed by atoms with Crippen LogP contribution < -0.4 is 0 Å². The first-order chi connectivity index (χ1) is 6.60. The molecule has 4 heteroatoms. The minimum absolute atomic E-state index is 0.0778. The molecule has 0 aromatic heterocycles. The highest BCUT2D eigenvalue weighted by molar-refractivity contribution is 9.09. The molecule has 0 heterocycles. The Balaban J connectivity index is 3.33. The van der Waals surface area contributed by atoms with E-state index in [1.165, 1.54) is 12.1 Å². The van der Waals surface area contributed by atoms with Crippen molar-refractivity contribution in [1.82, 2.24) is 0 Å². The Bertz CT molecular complexity index is 421. The predicted molar refractivity (Wildman–Crippen MR) is 55.7 cm³/mol. The van der Waals surface area contributed by atoms with E-state index in [1.807, 2.05) is 6.07 Å². The molecule has 0 amide bonds. The van der Waals surface area contributed by atoms with Crippen LogP contribution >= 0.6 is 15.9 Å². The smallest absolute Gasteiger partial charge is 0.177 e. The van der Waals surface area contributed by atoms with E-state index in [0.29, 0.717) is 11.1 Å². The zero-order valence-electron chi connectivity index (χ0n) is 7.54. The van der Waals surface area contributed by atoms with E-state index >= 15 is 0 Å². The number of nitriles is 1. The van der Waals surface area contributed by atoms with Crippen molar-refractivity contribution in [3.8, 4) is 11.8 Å².